The van der Waals surface area contributed by atoms with Crippen molar-refractivity contribution >= 4 is 0 Å². The Morgan fingerprint density at radius 3 is 2.53 bits per heavy atom. The van der Waals surface area contributed by atoms with Gasteiger partial charge in [-0.1, -0.05) is 18.2 Å². The molecule has 1 heterocycles. The minimum Gasteiger partial charge on any atom is -0.388 e. The third-order valence-electron chi connectivity index (χ3n) is 3.18. The van der Waals surface area contributed by atoms with Gasteiger partial charge >= 0.3 is 0 Å². The molecule has 1 aromatic carbocycles. The van der Waals surface area contributed by atoms with Gasteiger partial charge in [0.1, 0.15) is 0 Å². The molecule has 1 atom stereocenters. The van der Waals surface area contributed by atoms with Gasteiger partial charge in [-0.3, -0.25) is 4.98 Å². The highest BCUT2D eigenvalue weighted by Gasteiger charge is 2.11. The lowest BCUT2D eigenvalue weighted by molar-refractivity contribution is 0.177. The highest BCUT2D eigenvalue weighted by atomic mass is 16.3. The van der Waals surface area contributed by atoms with Crippen molar-refractivity contribution < 1.29 is 5.11 Å². The molecule has 0 amide bonds. The van der Waals surface area contributed by atoms with Crippen LogP contribution < -0.4 is 0 Å². The van der Waals surface area contributed by atoms with E-state index in [-0.39, 0.29) is 0 Å². The molecule has 1 aromatic heterocycles. The minimum atomic E-state index is -0.447. The fraction of sp³-hybridized carbons (Fsp3) is 0.267. The van der Waals surface area contributed by atoms with Gasteiger partial charge in [-0.25, -0.2) is 0 Å². The Bertz CT molecular complexity index is 494. The number of aryl methyl sites for hydroxylation is 1. The van der Waals surface area contributed by atoms with E-state index in [4.69, 9.17) is 0 Å². The summed E-state index contributed by atoms with van der Waals surface area (Å²) in [5.41, 5.74) is 4.51. The van der Waals surface area contributed by atoms with Crippen molar-refractivity contribution in [3.05, 3.63) is 65.0 Å². The second-order valence-corrected chi connectivity index (χ2v) is 4.36. The molecule has 0 saturated carbocycles. The molecule has 0 spiro atoms. The number of hydrogen-bond donors (Lipinski definition) is 1. The van der Waals surface area contributed by atoms with Crippen LogP contribution in [-0.4, -0.2) is 10.1 Å². The van der Waals surface area contributed by atoms with Crippen molar-refractivity contribution in [1.29, 1.82) is 0 Å². The number of pyridine rings is 1. The molecule has 88 valence electrons. The molecule has 0 aliphatic carbocycles. The number of benzene rings is 1. The van der Waals surface area contributed by atoms with Crippen LogP contribution in [-0.2, 0) is 6.42 Å². The summed E-state index contributed by atoms with van der Waals surface area (Å²) in [6.07, 6.45) is 3.70. The zero-order valence-corrected chi connectivity index (χ0v) is 10.2. The van der Waals surface area contributed by atoms with Crippen molar-refractivity contribution in [2.24, 2.45) is 0 Å². The summed E-state index contributed by atoms with van der Waals surface area (Å²) in [6, 6.07) is 9.93. The summed E-state index contributed by atoms with van der Waals surface area (Å²) >= 11 is 0. The zero-order chi connectivity index (χ0) is 12.3. The van der Waals surface area contributed by atoms with Crippen LogP contribution in [0.15, 0.2) is 42.7 Å². The van der Waals surface area contributed by atoms with Gasteiger partial charge in [0.15, 0.2) is 0 Å². The van der Waals surface area contributed by atoms with Crippen molar-refractivity contribution in [3.63, 3.8) is 0 Å². The Morgan fingerprint density at radius 1 is 1.12 bits per heavy atom. The molecule has 2 heteroatoms. The highest BCUT2D eigenvalue weighted by molar-refractivity contribution is 5.35. The van der Waals surface area contributed by atoms with Crippen LogP contribution in [0.4, 0.5) is 0 Å². The molecular formula is C15H17NO. The molecule has 17 heavy (non-hydrogen) atoms. The van der Waals surface area contributed by atoms with Crippen LogP contribution in [0.5, 0.6) is 0 Å². The number of rotatable bonds is 3. The average molecular weight is 227 g/mol. The number of aliphatic hydroxyl groups is 1. The smallest absolute Gasteiger partial charge is 0.0833 e. The van der Waals surface area contributed by atoms with Crippen LogP contribution in [0.1, 0.15) is 28.4 Å². The SMILES string of the molecule is Cc1cccc([C@@H](O)Cc2ccncc2)c1C. The Kier molecular flexibility index (Phi) is 3.55. The molecule has 0 fully saturated rings. The molecule has 2 rings (SSSR count). The van der Waals surface area contributed by atoms with Gasteiger partial charge in [0.2, 0.25) is 0 Å². The molecule has 0 aliphatic heterocycles. The first-order chi connectivity index (χ1) is 8.18. The van der Waals surface area contributed by atoms with Gasteiger partial charge in [-0.05, 0) is 48.2 Å². The van der Waals surface area contributed by atoms with E-state index in [1.54, 1.807) is 12.4 Å². The van der Waals surface area contributed by atoms with Gasteiger partial charge in [-0.15, -0.1) is 0 Å². The molecule has 0 aliphatic rings. The van der Waals surface area contributed by atoms with E-state index >= 15 is 0 Å². The van der Waals surface area contributed by atoms with E-state index in [0.717, 1.165) is 11.1 Å². The predicted molar refractivity (Wildman–Crippen MR) is 68.8 cm³/mol. The summed E-state index contributed by atoms with van der Waals surface area (Å²) < 4.78 is 0. The van der Waals surface area contributed by atoms with E-state index in [9.17, 15) is 5.11 Å². The highest BCUT2D eigenvalue weighted by Crippen LogP contribution is 2.23. The molecule has 2 aromatic rings. The van der Waals surface area contributed by atoms with E-state index in [0.29, 0.717) is 6.42 Å². The van der Waals surface area contributed by atoms with Gasteiger partial charge in [0.05, 0.1) is 6.10 Å². The fourth-order valence-corrected chi connectivity index (χ4v) is 1.99. The number of aliphatic hydroxyl groups excluding tert-OH is 1. The van der Waals surface area contributed by atoms with Crippen LogP contribution in [0.3, 0.4) is 0 Å². The molecule has 0 radical (unpaired) electrons. The third kappa shape index (κ3) is 2.71. The monoisotopic (exact) mass is 227 g/mol. The van der Waals surface area contributed by atoms with Gasteiger partial charge < -0.3 is 5.11 Å². The lowest BCUT2D eigenvalue weighted by Gasteiger charge is -2.15. The predicted octanol–water partition coefficient (Wildman–Crippen LogP) is 2.97. The number of hydrogen-bond acceptors (Lipinski definition) is 2. The Balaban J connectivity index is 2.20. The first kappa shape index (κ1) is 11.8. The largest absolute Gasteiger partial charge is 0.388 e. The lowest BCUT2D eigenvalue weighted by Crippen LogP contribution is -2.04. The topological polar surface area (TPSA) is 33.1 Å². The second-order valence-electron chi connectivity index (χ2n) is 4.36. The van der Waals surface area contributed by atoms with Gasteiger partial charge in [-0.2, -0.15) is 0 Å². The lowest BCUT2D eigenvalue weighted by atomic mass is 9.95. The minimum absolute atomic E-state index is 0.447. The van der Waals surface area contributed by atoms with Crippen molar-refractivity contribution in [3.8, 4) is 0 Å². The van der Waals surface area contributed by atoms with Crippen molar-refractivity contribution in [2.75, 3.05) is 0 Å². The van der Waals surface area contributed by atoms with E-state index in [1.165, 1.54) is 11.1 Å². The number of aromatic nitrogens is 1. The Morgan fingerprint density at radius 2 is 1.82 bits per heavy atom. The van der Waals surface area contributed by atoms with Crippen molar-refractivity contribution in [1.82, 2.24) is 4.98 Å². The molecule has 0 bridgehead atoms. The van der Waals surface area contributed by atoms with Crippen LogP contribution in [0, 0.1) is 13.8 Å². The normalized spacial score (nSPS) is 12.4. The maximum Gasteiger partial charge on any atom is 0.0833 e. The quantitative estimate of drug-likeness (QED) is 0.874. The van der Waals surface area contributed by atoms with Gasteiger partial charge in [0.25, 0.3) is 0 Å². The summed E-state index contributed by atoms with van der Waals surface area (Å²) in [5.74, 6) is 0. The Labute approximate surface area is 102 Å². The standard InChI is InChI=1S/C15H17NO/c1-11-4-3-5-14(12(11)2)15(17)10-13-6-8-16-9-7-13/h3-9,15,17H,10H2,1-2H3/t15-/m0/s1. The number of nitrogens with zero attached hydrogens (tertiary/aromatic N) is 1. The third-order valence-corrected chi connectivity index (χ3v) is 3.18. The summed E-state index contributed by atoms with van der Waals surface area (Å²) in [6.45, 7) is 4.12. The van der Waals surface area contributed by atoms with Crippen LogP contribution in [0.2, 0.25) is 0 Å². The van der Waals surface area contributed by atoms with Crippen molar-refractivity contribution in [2.45, 2.75) is 26.4 Å². The van der Waals surface area contributed by atoms with Crippen LogP contribution in [0.25, 0.3) is 0 Å². The zero-order valence-electron chi connectivity index (χ0n) is 10.2. The van der Waals surface area contributed by atoms with E-state index < -0.39 is 6.10 Å². The second kappa shape index (κ2) is 5.11. The summed E-state index contributed by atoms with van der Waals surface area (Å²) in [5, 5.41) is 10.3. The summed E-state index contributed by atoms with van der Waals surface area (Å²) in [7, 11) is 0. The molecule has 0 unspecified atom stereocenters. The van der Waals surface area contributed by atoms with E-state index in [2.05, 4.69) is 24.9 Å². The first-order valence-electron chi connectivity index (χ1n) is 5.81. The average Bonchev–Trinajstić information content (AvgIpc) is 2.34. The first-order valence-corrected chi connectivity index (χ1v) is 5.81. The molecule has 1 N–H and O–H groups in total. The van der Waals surface area contributed by atoms with Gasteiger partial charge in [0, 0.05) is 18.8 Å². The molecular weight excluding hydrogens is 210 g/mol. The van der Waals surface area contributed by atoms with Crippen LogP contribution >= 0.6 is 0 Å². The van der Waals surface area contributed by atoms with E-state index in [1.807, 2.05) is 24.3 Å². The molecule has 2 nitrogen and oxygen atoms in total. The Hall–Kier alpha value is -1.67. The molecule has 0 saturated heterocycles. The summed E-state index contributed by atoms with van der Waals surface area (Å²) in [4.78, 5) is 3.98. The maximum atomic E-state index is 10.3. The maximum absolute atomic E-state index is 10.3. The fourth-order valence-electron chi connectivity index (χ4n) is 1.99.